The Hall–Kier alpha value is -2.42. The second kappa shape index (κ2) is 8.72. The highest BCUT2D eigenvalue weighted by molar-refractivity contribution is 5.50. The number of rotatable bonds is 7. The minimum absolute atomic E-state index is 0.233. The van der Waals surface area contributed by atoms with Gasteiger partial charge in [0.25, 0.3) is 0 Å². The van der Waals surface area contributed by atoms with Gasteiger partial charge in [-0.15, -0.1) is 0 Å². The highest BCUT2D eigenvalue weighted by atomic mass is 16.5. The summed E-state index contributed by atoms with van der Waals surface area (Å²) < 4.78 is 11.1. The first-order valence-corrected chi connectivity index (χ1v) is 10.2. The van der Waals surface area contributed by atoms with Crippen molar-refractivity contribution in [2.45, 2.75) is 45.6 Å². The molecule has 0 saturated heterocycles. The zero-order valence-corrected chi connectivity index (χ0v) is 17.9. The van der Waals surface area contributed by atoms with Gasteiger partial charge in [-0.25, -0.2) is 0 Å². The number of benzene rings is 2. The van der Waals surface area contributed by atoms with E-state index in [9.17, 15) is 0 Å². The Balaban J connectivity index is 1.98. The quantitative estimate of drug-likeness (QED) is 0.611. The van der Waals surface area contributed by atoms with E-state index in [1.165, 1.54) is 22.3 Å². The Morgan fingerprint density at radius 1 is 1.07 bits per heavy atom. The number of nitrogens with zero attached hydrogens (tertiary/aromatic N) is 1. The summed E-state index contributed by atoms with van der Waals surface area (Å²) in [6, 6.07) is 13.7. The van der Waals surface area contributed by atoms with Gasteiger partial charge in [0.2, 0.25) is 0 Å². The van der Waals surface area contributed by atoms with Crippen LogP contribution in [-0.2, 0) is 12.8 Å². The Morgan fingerprint density at radius 3 is 2.29 bits per heavy atom. The van der Waals surface area contributed by atoms with Crippen LogP contribution >= 0.6 is 0 Å². The summed E-state index contributed by atoms with van der Waals surface area (Å²) in [6.45, 7) is 11.9. The maximum atomic E-state index is 5.59. The molecule has 2 aromatic carbocycles. The largest absolute Gasteiger partial charge is 0.493 e. The normalized spacial score (nSPS) is 17.2. The fourth-order valence-electron chi connectivity index (χ4n) is 4.37. The van der Waals surface area contributed by atoms with Gasteiger partial charge in [-0.05, 0) is 59.3 Å². The molecule has 2 aromatic rings. The highest BCUT2D eigenvalue weighted by Gasteiger charge is 2.32. The zero-order valence-electron chi connectivity index (χ0n) is 17.9. The number of hydrogen-bond donors (Lipinski definition) is 0. The van der Waals surface area contributed by atoms with E-state index < -0.39 is 0 Å². The van der Waals surface area contributed by atoms with Crippen molar-refractivity contribution < 1.29 is 9.47 Å². The van der Waals surface area contributed by atoms with Crippen molar-refractivity contribution in [2.24, 2.45) is 5.92 Å². The van der Waals surface area contributed by atoms with Crippen LogP contribution in [0, 0.1) is 5.92 Å². The molecule has 1 heterocycles. The van der Waals surface area contributed by atoms with Crippen molar-refractivity contribution >= 4 is 0 Å². The van der Waals surface area contributed by atoms with E-state index in [1.54, 1.807) is 14.2 Å². The number of methoxy groups -OCH3 is 2. The summed E-state index contributed by atoms with van der Waals surface area (Å²) >= 11 is 0. The number of hydrogen-bond acceptors (Lipinski definition) is 3. The minimum Gasteiger partial charge on any atom is -0.493 e. The highest BCUT2D eigenvalue weighted by Crippen LogP contribution is 2.44. The fraction of sp³-hybridized carbons (Fsp3) is 0.440. The molecule has 150 valence electrons. The molecule has 0 amide bonds. The van der Waals surface area contributed by atoms with Gasteiger partial charge in [0.15, 0.2) is 11.5 Å². The Bertz CT molecular complexity index is 810. The first kappa shape index (κ1) is 20.3. The predicted octanol–water partition coefficient (Wildman–Crippen LogP) is 5.75. The van der Waals surface area contributed by atoms with Gasteiger partial charge in [-0.3, -0.25) is 0 Å². The Labute approximate surface area is 170 Å². The average molecular weight is 380 g/mol. The summed E-state index contributed by atoms with van der Waals surface area (Å²) in [6.07, 6.45) is 4.09. The minimum atomic E-state index is 0.233. The summed E-state index contributed by atoms with van der Waals surface area (Å²) in [5.74, 6) is 2.60. The van der Waals surface area contributed by atoms with Gasteiger partial charge in [-0.2, -0.15) is 0 Å². The van der Waals surface area contributed by atoms with Crippen molar-refractivity contribution in [1.29, 1.82) is 0 Å². The topological polar surface area (TPSA) is 21.7 Å². The molecular formula is C25H33NO2. The van der Waals surface area contributed by atoms with E-state index in [1.807, 2.05) is 6.20 Å². The van der Waals surface area contributed by atoms with Crippen LogP contribution in [0.5, 0.6) is 11.5 Å². The third-order valence-corrected chi connectivity index (χ3v) is 5.82. The lowest BCUT2D eigenvalue weighted by Gasteiger charge is -2.40. The zero-order chi connectivity index (χ0) is 20.3. The van der Waals surface area contributed by atoms with E-state index in [4.69, 9.17) is 9.47 Å². The third kappa shape index (κ3) is 4.04. The maximum Gasteiger partial charge on any atom is 0.161 e. The molecule has 0 N–H and O–H groups in total. The lowest BCUT2D eigenvalue weighted by Crippen LogP contribution is -2.34. The van der Waals surface area contributed by atoms with E-state index in [0.717, 1.165) is 30.9 Å². The van der Waals surface area contributed by atoms with Crippen LogP contribution in [0.1, 0.15) is 55.0 Å². The molecule has 0 bridgehead atoms. The molecule has 2 atom stereocenters. The van der Waals surface area contributed by atoms with Crippen molar-refractivity contribution in [1.82, 2.24) is 4.90 Å². The van der Waals surface area contributed by atoms with E-state index in [-0.39, 0.29) is 6.04 Å². The second-order valence-electron chi connectivity index (χ2n) is 8.15. The van der Waals surface area contributed by atoms with E-state index >= 15 is 0 Å². The molecule has 0 aliphatic carbocycles. The van der Waals surface area contributed by atoms with Crippen LogP contribution in [0.25, 0.3) is 0 Å². The molecule has 1 aliphatic rings. The van der Waals surface area contributed by atoms with Crippen molar-refractivity contribution in [3.8, 4) is 11.5 Å². The van der Waals surface area contributed by atoms with Gasteiger partial charge >= 0.3 is 0 Å². The molecule has 0 spiro atoms. The fourth-order valence-corrected chi connectivity index (χ4v) is 4.37. The molecule has 3 nitrogen and oxygen atoms in total. The first-order valence-electron chi connectivity index (χ1n) is 10.2. The summed E-state index contributed by atoms with van der Waals surface area (Å²) in [5.41, 5.74) is 5.40. The smallest absolute Gasteiger partial charge is 0.161 e. The van der Waals surface area contributed by atoms with Crippen molar-refractivity contribution in [3.63, 3.8) is 0 Å². The van der Waals surface area contributed by atoms with Crippen LogP contribution in [0.3, 0.4) is 0 Å². The molecule has 0 saturated carbocycles. The van der Waals surface area contributed by atoms with Crippen LogP contribution in [0.2, 0.25) is 0 Å². The molecule has 28 heavy (non-hydrogen) atoms. The van der Waals surface area contributed by atoms with Gasteiger partial charge in [-0.1, -0.05) is 51.6 Å². The van der Waals surface area contributed by atoms with Crippen molar-refractivity contribution in [3.05, 3.63) is 71.4 Å². The number of fused-ring (bicyclic) bond motifs is 1. The van der Waals surface area contributed by atoms with Crippen LogP contribution in [0.15, 0.2) is 49.2 Å². The molecule has 2 unspecified atom stereocenters. The van der Waals surface area contributed by atoms with E-state index in [0.29, 0.717) is 11.8 Å². The standard InChI is InChI=1S/C25H33NO2/c1-7-26-13-12-21-15-23(27-5)24(28-6)16-22(21)25(26)18(4)20-10-8-19(9-11-20)14-17(2)3/h7-11,15-18,25H,1,12-14H2,2-6H3. The lowest BCUT2D eigenvalue weighted by molar-refractivity contribution is 0.234. The summed E-state index contributed by atoms with van der Waals surface area (Å²) in [7, 11) is 3.40. The second-order valence-corrected chi connectivity index (χ2v) is 8.15. The average Bonchev–Trinajstić information content (AvgIpc) is 2.71. The molecule has 0 fully saturated rings. The number of ether oxygens (including phenoxy) is 2. The third-order valence-electron chi connectivity index (χ3n) is 5.82. The lowest BCUT2D eigenvalue weighted by atomic mass is 9.81. The van der Waals surface area contributed by atoms with E-state index in [2.05, 4.69) is 68.6 Å². The van der Waals surface area contributed by atoms with Gasteiger partial charge in [0, 0.05) is 12.5 Å². The molecule has 3 heteroatoms. The van der Waals surface area contributed by atoms with Crippen LogP contribution < -0.4 is 9.47 Å². The van der Waals surface area contributed by atoms with Crippen molar-refractivity contribution in [2.75, 3.05) is 20.8 Å². The molecule has 0 aromatic heterocycles. The SMILES string of the molecule is C=CN1CCc2cc(OC)c(OC)cc2C1C(C)c1ccc(CC(C)C)cc1. The molecule has 0 radical (unpaired) electrons. The summed E-state index contributed by atoms with van der Waals surface area (Å²) in [5, 5.41) is 0. The molecule has 1 aliphatic heterocycles. The van der Waals surface area contributed by atoms with Crippen LogP contribution in [-0.4, -0.2) is 25.7 Å². The van der Waals surface area contributed by atoms with Gasteiger partial charge in [0.05, 0.1) is 20.3 Å². The first-order chi connectivity index (χ1) is 13.5. The summed E-state index contributed by atoms with van der Waals surface area (Å²) in [4.78, 5) is 2.36. The van der Waals surface area contributed by atoms with Gasteiger partial charge in [0.1, 0.15) is 0 Å². The maximum absolute atomic E-state index is 5.59. The molecular weight excluding hydrogens is 346 g/mol. The Morgan fingerprint density at radius 2 is 1.71 bits per heavy atom. The monoisotopic (exact) mass is 379 g/mol. The van der Waals surface area contributed by atoms with Gasteiger partial charge < -0.3 is 14.4 Å². The van der Waals surface area contributed by atoms with Crippen LogP contribution in [0.4, 0.5) is 0 Å². The predicted molar refractivity (Wildman–Crippen MR) is 116 cm³/mol. The Kier molecular flexibility index (Phi) is 6.33. The molecule has 3 rings (SSSR count).